The Balaban J connectivity index is 2.52. The molecule has 1 aromatic rings. The lowest BCUT2D eigenvalue weighted by molar-refractivity contribution is -0.137. The smallest absolute Gasteiger partial charge is 0.346 e. The molecule has 0 bridgehead atoms. The fraction of sp³-hybridized carbons (Fsp3) is 0.143. The van der Waals surface area contributed by atoms with Gasteiger partial charge in [0.05, 0.1) is 12.0 Å². The molecular weight excluding hydrogens is 164 g/mol. The maximum absolute atomic E-state index is 10.9. The number of cyclic esters (lactones) is 2. The van der Waals surface area contributed by atoms with Gasteiger partial charge in [0.2, 0.25) is 0 Å². The van der Waals surface area contributed by atoms with Gasteiger partial charge in [-0.25, -0.2) is 4.79 Å². The van der Waals surface area contributed by atoms with E-state index in [9.17, 15) is 9.59 Å². The molecule has 3 nitrogen and oxygen atoms in total. The van der Waals surface area contributed by atoms with Crippen molar-refractivity contribution >= 4 is 23.3 Å². The molecule has 11 heavy (non-hydrogen) atoms. The van der Waals surface area contributed by atoms with Crippen LogP contribution in [0.15, 0.2) is 11.4 Å². The van der Waals surface area contributed by atoms with Gasteiger partial charge in [0.25, 0.3) is 0 Å². The third kappa shape index (κ3) is 0.952. The van der Waals surface area contributed by atoms with Crippen molar-refractivity contribution in [1.29, 1.82) is 0 Å². The van der Waals surface area contributed by atoms with Gasteiger partial charge in [-0.3, -0.25) is 4.79 Å². The van der Waals surface area contributed by atoms with Gasteiger partial charge in [0.1, 0.15) is 0 Å². The molecule has 2 rings (SSSR count). The summed E-state index contributed by atoms with van der Waals surface area (Å²) in [6.45, 7) is 0. The quantitative estimate of drug-likeness (QED) is 0.428. The lowest BCUT2D eigenvalue weighted by Gasteiger charge is -2.08. The molecule has 0 saturated heterocycles. The number of hydrogen-bond donors (Lipinski definition) is 0. The summed E-state index contributed by atoms with van der Waals surface area (Å²) in [4.78, 5) is 22.4. The second kappa shape index (κ2) is 2.17. The highest BCUT2D eigenvalue weighted by molar-refractivity contribution is 7.10. The Hall–Kier alpha value is -1.16. The Morgan fingerprint density at radius 1 is 1.45 bits per heavy atom. The van der Waals surface area contributed by atoms with Crippen LogP contribution in [0.3, 0.4) is 0 Å². The molecule has 0 atom stereocenters. The summed E-state index contributed by atoms with van der Waals surface area (Å²) in [6.07, 6.45) is 0.235. The van der Waals surface area contributed by atoms with Gasteiger partial charge in [-0.15, -0.1) is 11.3 Å². The minimum atomic E-state index is -0.516. The van der Waals surface area contributed by atoms with E-state index in [1.165, 1.54) is 11.3 Å². The molecule has 0 saturated carbocycles. The second-order valence-corrected chi connectivity index (χ2v) is 3.20. The first kappa shape index (κ1) is 6.54. The van der Waals surface area contributed by atoms with Crippen LogP contribution in [-0.4, -0.2) is 11.9 Å². The van der Waals surface area contributed by atoms with Crippen LogP contribution in [0, 0.1) is 0 Å². The molecule has 0 unspecified atom stereocenters. The van der Waals surface area contributed by atoms with Crippen LogP contribution >= 0.6 is 11.3 Å². The van der Waals surface area contributed by atoms with Gasteiger partial charge in [-0.1, -0.05) is 0 Å². The lowest BCUT2D eigenvalue weighted by atomic mass is 10.2. The van der Waals surface area contributed by atoms with Crippen molar-refractivity contribution in [3.05, 3.63) is 21.9 Å². The van der Waals surface area contributed by atoms with Crippen molar-refractivity contribution in [3.8, 4) is 0 Å². The molecule has 0 amide bonds. The van der Waals surface area contributed by atoms with E-state index in [1.807, 2.05) is 0 Å². The van der Waals surface area contributed by atoms with Gasteiger partial charge in [-0.05, 0) is 11.4 Å². The van der Waals surface area contributed by atoms with E-state index in [0.29, 0.717) is 5.56 Å². The molecule has 4 heteroatoms. The molecule has 2 heterocycles. The van der Waals surface area contributed by atoms with Crippen molar-refractivity contribution in [2.24, 2.45) is 0 Å². The van der Waals surface area contributed by atoms with Gasteiger partial charge in [0, 0.05) is 4.88 Å². The van der Waals surface area contributed by atoms with Crippen LogP contribution in [-0.2, 0) is 16.0 Å². The number of ether oxygens (including phenoxy) is 1. The van der Waals surface area contributed by atoms with Crippen LogP contribution in [0.25, 0.3) is 0 Å². The largest absolute Gasteiger partial charge is 0.389 e. The molecule has 1 aliphatic rings. The number of hydrogen-bond acceptors (Lipinski definition) is 4. The van der Waals surface area contributed by atoms with Crippen LogP contribution in [0.2, 0.25) is 0 Å². The first-order valence-electron chi connectivity index (χ1n) is 3.09. The minimum absolute atomic E-state index is 0.235. The third-order valence-electron chi connectivity index (χ3n) is 1.48. The van der Waals surface area contributed by atoms with Crippen molar-refractivity contribution in [3.63, 3.8) is 0 Å². The van der Waals surface area contributed by atoms with Crippen molar-refractivity contribution in [2.75, 3.05) is 0 Å². The Kier molecular flexibility index (Phi) is 1.29. The predicted octanol–water partition coefficient (Wildman–Crippen LogP) is 0.988. The topological polar surface area (TPSA) is 43.4 Å². The van der Waals surface area contributed by atoms with E-state index in [4.69, 9.17) is 0 Å². The van der Waals surface area contributed by atoms with Gasteiger partial charge in [-0.2, -0.15) is 0 Å². The standard InChI is InChI=1S/C7H4O3S/c8-6-3-5-4(1-2-11-5)7(9)10-6/h1-2H,3H2. The van der Waals surface area contributed by atoms with E-state index in [2.05, 4.69) is 4.74 Å². The Morgan fingerprint density at radius 3 is 3.09 bits per heavy atom. The van der Waals surface area contributed by atoms with Gasteiger partial charge in [0.15, 0.2) is 0 Å². The highest BCUT2D eigenvalue weighted by Crippen LogP contribution is 2.22. The molecule has 0 aliphatic carbocycles. The fourth-order valence-corrected chi connectivity index (χ4v) is 1.83. The van der Waals surface area contributed by atoms with E-state index in [1.54, 1.807) is 11.4 Å². The van der Waals surface area contributed by atoms with E-state index >= 15 is 0 Å². The zero-order valence-electron chi connectivity index (χ0n) is 5.49. The molecule has 0 aromatic carbocycles. The number of rotatable bonds is 0. The monoisotopic (exact) mass is 168 g/mol. The van der Waals surface area contributed by atoms with E-state index in [-0.39, 0.29) is 6.42 Å². The average molecular weight is 168 g/mol. The Labute approximate surface area is 66.6 Å². The van der Waals surface area contributed by atoms with Crippen molar-refractivity contribution in [2.45, 2.75) is 6.42 Å². The zero-order chi connectivity index (χ0) is 7.84. The predicted molar refractivity (Wildman–Crippen MR) is 38.4 cm³/mol. The molecule has 0 spiro atoms. The first-order valence-corrected chi connectivity index (χ1v) is 3.97. The fourth-order valence-electron chi connectivity index (χ4n) is 0.985. The van der Waals surface area contributed by atoms with Gasteiger partial charge >= 0.3 is 11.9 Å². The lowest BCUT2D eigenvalue weighted by Crippen LogP contribution is -2.20. The number of carbonyl (C=O) groups is 2. The second-order valence-electron chi connectivity index (χ2n) is 2.20. The normalized spacial score (nSPS) is 16.0. The summed E-state index contributed by atoms with van der Waals surface area (Å²) >= 11 is 1.41. The summed E-state index contributed by atoms with van der Waals surface area (Å²) in [5, 5.41) is 1.78. The molecule has 1 aromatic heterocycles. The van der Waals surface area contributed by atoms with Crippen LogP contribution in [0.1, 0.15) is 15.2 Å². The molecule has 0 fully saturated rings. The minimum Gasteiger partial charge on any atom is -0.389 e. The van der Waals surface area contributed by atoms with E-state index < -0.39 is 11.9 Å². The molecule has 1 aliphatic heterocycles. The van der Waals surface area contributed by atoms with Gasteiger partial charge < -0.3 is 4.74 Å². The summed E-state index contributed by atoms with van der Waals surface area (Å²) in [6, 6.07) is 1.68. The van der Waals surface area contributed by atoms with Crippen LogP contribution in [0.4, 0.5) is 0 Å². The Bertz CT molecular complexity index is 326. The first-order chi connectivity index (χ1) is 5.27. The zero-order valence-corrected chi connectivity index (χ0v) is 6.31. The maximum atomic E-state index is 10.9. The summed E-state index contributed by atoms with van der Waals surface area (Å²) in [7, 11) is 0. The number of carbonyl (C=O) groups excluding carboxylic acids is 2. The average Bonchev–Trinajstić information content (AvgIpc) is 2.34. The molecular formula is C7H4O3S. The van der Waals surface area contributed by atoms with Crippen molar-refractivity contribution < 1.29 is 14.3 Å². The molecule has 0 radical (unpaired) electrons. The summed E-state index contributed by atoms with van der Waals surface area (Å²) in [5.74, 6) is -0.970. The Morgan fingerprint density at radius 2 is 2.27 bits per heavy atom. The highest BCUT2D eigenvalue weighted by atomic mass is 32.1. The maximum Gasteiger partial charge on any atom is 0.346 e. The number of esters is 2. The van der Waals surface area contributed by atoms with Crippen LogP contribution < -0.4 is 0 Å². The third-order valence-corrected chi connectivity index (χ3v) is 2.40. The highest BCUT2D eigenvalue weighted by Gasteiger charge is 2.25. The molecule has 0 N–H and O–H groups in total. The summed E-state index contributed by atoms with van der Waals surface area (Å²) in [5.41, 5.74) is 0.537. The van der Waals surface area contributed by atoms with E-state index in [0.717, 1.165) is 4.88 Å². The SMILES string of the molecule is O=C1Cc2sccc2C(=O)O1. The number of fused-ring (bicyclic) bond motifs is 1. The number of thiophene rings is 1. The van der Waals surface area contributed by atoms with Crippen LogP contribution in [0.5, 0.6) is 0 Å². The molecule has 56 valence electrons. The summed E-state index contributed by atoms with van der Waals surface area (Å²) < 4.78 is 4.40. The van der Waals surface area contributed by atoms with Crippen molar-refractivity contribution in [1.82, 2.24) is 0 Å².